The number of hydrogen-bond acceptors (Lipinski definition) is 3. The van der Waals surface area contributed by atoms with E-state index in [-0.39, 0.29) is 0 Å². The molecule has 3 rings (SSSR count). The number of aromatic nitrogens is 2. The summed E-state index contributed by atoms with van der Waals surface area (Å²) >= 11 is 0. The van der Waals surface area contributed by atoms with Crippen LogP contribution in [-0.4, -0.2) is 21.6 Å². The molecule has 0 spiro atoms. The Morgan fingerprint density at radius 2 is 1.69 bits per heavy atom. The van der Waals surface area contributed by atoms with Crippen molar-refractivity contribution in [2.75, 3.05) is 0 Å². The third-order valence-corrected chi connectivity index (χ3v) is 4.23. The molecule has 1 atom stereocenters. The van der Waals surface area contributed by atoms with Gasteiger partial charge in [0, 0.05) is 0 Å². The fourth-order valence-electron chi connectivity index (χ4n) is 2.75. The summed E-state index contributed by atoms with van der Waals surface area (Å²) in [5.41, 5.74) is 9.19. The Labute approximate surface area is 151 Å². The summed E-state index contributed by atoms with van der Waals surface area (Å²) in [7, 11) is 0. The number of primary amides is 1. The van der Waals surface area contributed by atoms with Gasteiger partial charge in [-0.2, -0.15) is 5.10 Å². The van der Waals surface area contributed by atoms with Gasteiger partial charge < -0.3 is 11.1 Å². The SMILES string of the molecule is Cc1ccc(-n2ncc(C(=O)NC(C(N)=O)c3ccccc3)c2C)cc1. The summed E-state index contributed by atoms with van der Waals surface area (Å²) in [6.45, 7) is 3.82. The van der Waals surface area contributed by atoms with E-state index in [9.17, 15) is 9.59 Å². The molecule has 1 aromatic heterocycles. The zero-order valence-electron chi connectivity index (χ0n) is 14.6. The van der Waals surface area contributed by atoms with Crippen LogP contribution in [0.25, 0.3) is 5.69 Å². The third kappa shape index (κ3) is 3.49. The molecule has 0 bridgehead atoms. The molecular weight excluding hydrogens is 328 g/mol. The van der Waals surface area contributed by atoms with Crippen molar-refractivity contribution >= 4 is 11.8 Å². The average molecular weight is 348 g/mol. The molecule has 0 aliphatic heterocycles. The largest absolute Gasteiger partial charge is 0.368 e. The summed E-state index contributed by atoms with van der Waals surface area (Å²) in [6, 6.07) is 15.8. The van der Waals surface area contributed by atoms with Crippen LogP contribution >= 0.6 is 0 Å². The van der Waals surface area contributed by atoms with E-state index >= 15 is 0 Å². The summed E-state index contributed by atoms with van der Waals surface area (Å²) in [5.74, 6) is -1.01. The number of benzene rings is 2. The fraction of sp³-hybridized carbons (Fsp3) is 0.150. The number of nitrogens with one attached hydrogen (secondary N) is 1. The number of carbonyl (C=O) groups is 2. The molecule has 0 saturated carbocycles. The molecule has 1 heterocycles. The molecular formula is C20H20N4O2. The van der Waals surface area contributed by atoms with Crippen molar-refractivity contribution in [3.05, 3.63) is 83.2 Å². The minimum atomic E-state index is -0.897. The highest BCUT2D eigenvalue weighted by Crippen LogP contribution is 2.17. The molecule has 3 N–H and O–H groups in total. The zero-order chi connectivity index (χ0) is 18.7. The average Bonchev–Trinajstić information content (AvgIpc) is 3.02. The van der Waals surface area contributed by atoms with Gasteiger partial charge in [0.2, 0.25) is 5.91 Å². The minimum Gasteiger partial charge on any atom is -0.368 e. The van der Waals surface area contributed by atoms with Gasteiger partial charge in [0.1, 0.15) is 6.04 Å². The first-order chi connectivity index (χ1) is 12.5. The topological polar surface area (TPSA) is 90.0 Å². The van der Waals surface area contributed by atoms with Crippen molar-refractivity contribution in [1.82, 2.24) is 15.1 Å². The van der Waals surface area contributed by atoms with Crippen LogP contribution in [0.3, 0.4) is 0 Å². The van der Waals surface area contributed by atoms with Crippen molar-refractivity contribution in [3.8, 4) is 5.69 Å². The van der Waals surface area contributed by atoms with Crippen LogP contribution in [0.2, 0.25) is 0 Å². The number of hydrogen-bond donors (Lipinski definition) is 2. The lowest BCUT2D eigenvalue weighted by Gasteiger charge is -2.15. The van der Waals surface area contributed by atoms with E-state index in [0.717, 1.165) is 11.3 Å². The zero-order valence-corrected chi connectivity index (χ0v) is 14.6. The van der Waals surface area contributed by atoms with Crippen LogP contribution in [0.4, 0.5) is 0 Å². The molecule has 6 nitrogen and oxygen atoms in total. The summed E-state index contributed by atoms with van der Waals surface area (Å²) in [4.78, 5) is 24.5. The van der Waals surface area contributed by atoms with E-state index in [0.29, 0.717) is 16.8 Å². The highest BCUT2D eigenvalue weighted by atomic mass is 16.2. The molecule has 2 amide bonds. The molecule has 2 aromatic carbocycles. The number of nitrogens with zero attached hydrogens (tertiary/aromatic N) is 2. The van der Waals surface area contributed by atoms with E-state index in [1.807, 2.05) is 44.2 Å². The molecule has 3 aromatic rings. The Kier molecular flexibility index (Phi) is 4.84. The summed E-state index contributed by atoms with van der Waals surface area (Å²) in [5, 5.41) is 7.00. The van der Waals surface area contributed by atoms with Gasteiger partial charge in [-0.3, -0.25) is 9.59 Å². The van der Waals surface area contributed by atoms with Crippen molar-refractivity contribution in [1.29, 1.82) is 0 Å². The lowest BCUT2D eigenvalue weighted by atomic mass is 10.1. The van der Waals surface area contributed by atoms with Crippen LogP contribution in [-0.2, 0) is 4.79 Å². The van der Waals surface area contributed by atoms with E-state index in [4.69, 9.17) is 5.73 Å². The van der Waals surface area contributed by atoms with Crippen molar-refractivity contribution in [3.63, 3.8) is 0 Å². The number of amides is 2. The second-order valence-corrected chi connectivity index (χ2v) is 6.11. The van der Waals surface area contributed by atoms with E-state index < -0.39 is 17.9 Å². The van der Waals surface area contributed by atoms with Gasteiger partial charge in [0.05, 0.1) is 23.1 Å². The molecule has 6 heteroatoms. The first-order valence-corrected chi connectivity index (χ1v) is 8.24. The fourth-order valence-corrected chi connectivity index (χ4v) is 2.75. The molecule has 132 valence electrons. The second-order valence-electron chi connectivity index (χ2n) is 6.11. The third-order valence-electron chi connectivity index (χ3n) is 4.23. The van der Waals surface area contributed by atoms with Gasteiger partial charge in [-0.25, -0.2) is 4.68 Å². The Morgan fingerprint density at radius 3 is 2.31 bits per heavy atom. The summed E-state index contributed by atoms with van der Waals surface area (Å²) in [6.07, 6.45) is 1.49. The van der Waals surface area contributed by atoms with Gasteiger partial charge >= 0.3 is 0 Å². The van der Waals surface area contributed by atoms with Crippen LogP contribution in [0.5, 0.6) is 0 Å². The van der Waals surface area contributed by atoms with Gasteiger partial charge in [-0.15, -0.1) is 0 Å². The highest BCUT2D eigenvalue weighted by Gasteiger charge is 2.23. The summed E-state index contributed by atoms with van der Waals surface area (Å²) < 4.78 is 1.69. The van der Waals surface area contributed by atoms with E-state index in [1.54, 1.807) is 28.9 Å². The normalized spacial score (nSPS) is 11.8. The Hall–Kier alpha value is -3.41. The number of aryl methyl sites for hydroxylation is 1. The maximum Gasteiger partial charge on any atom is 0.255 e. The van der Waals surface area contributed by atoms with Gasteiger partial charge in [-0.1, -0.05) is 48.0 Å². The maximum atomic E-state index is 12.7. The Balaban J connectivity index is 1.86. The van der Waals surface area contributed by atoms with Crippen LogP contribution in [0.15, 0.2) is 60.8 Å². The smallest absolute Gasteiger partial charge is 0.255 e. The van der Waals surface area contributed by atoms with Gasteiger partial charge in [0.15, 0.2) is 0 Å². The minimum absolute atomic E-state index is 0.395. The number of rotatable bonds is 5. The molecule has 0 radical (unpaired) electrons. The molecule has 0 saturated heterocycles. The first kappa shape index (κ1) is 17.4. The van der Waals surface area contributed by atoms with Crippen LogP contribution < -0.4 is 11.1 Å². The molecule has 1 unspecified atom stereocenters. The van der Waals surface area contributed by atoms with E-state index in [2.05, 4.69) is 10.4 Å². The van der Waals surface area contributed by atoms with Gasteiger partial charge in [0.25, 0.3) is 5.91 Å². The van der Waals surface area contributed by atoms with E-state index in [1.165, 1.54) is 6.20 Å². The van der Waals surface area contributed by atoms with Crippen molar-refractivity contribution in [2.24, 2.45) is 5.73 Å². The lowest BCUT2D eigenvalue weighted by molar-refractivity contribution is -0.120. The molecule has 0 fully saturated rings. The molecule has 0 aliphatic carbocycles. The standard InChI is InChI=1S/C20H20N4O2/c1-13-8-10-16(11-9-13)24-14(2)17(12-22-24)20(26)23-18(19(21)25)15-6-4-3-5-7-15/h3-12,18H,1-2H3,(H2,21,25)(H,23,26). The quantitative estimate of drug-likeness (QED) is 0.742. The first-order valence-electron chi connectivity index (χ1n) is 8.24. The molecule has 0 aliphatic rings. The Morgan fingerprint density at radius 1 is 1.04 bits per heavy atom. The monoisotopic (exact) mass is 348 g/mol. The number of nitrogens with two attached hydrogens (primary N) is 1. The predicted octanol–water partition coefficient (Wildman–Crippen LogP) is 2.45. The number of carbonyl (C=O) groups excluding carboxylic acids is 2. The van der Waals surface area contributed by atoms with Crippen molar-refractivity contribution in [2.45, 2.75) is 19.9 Å². The maximum absolute atomic E-state index is 12.7. The predicted molar refractivity (Wildman–Crippen MR) is 98.9 cm³/mol. The Bertz CT molecular complexity index is 930. The highest BCUT2D eigenvalue weighted by molar-refractivity contribution is 5.98. The van der Waals surface area contributed by atoms with Crippen molar-refractivity contribution < 1.29 is 9.59 Å². The molecule has 26 heavy (non-hydrogen) atoms. The van der Waals surface area contributed by atoms with Crippen LogP contribution in [0.1, 0.15) is 33.2 Å². The lowest BCUT2D eigenvalue weighted by Crippen LogP contribution is -2.37. The van der Waals surface area contributed by atoms with Crippen LogP contribution in [0, 0.1) is 13.8 Å². The second kappa shape index (κ2) is 7.23. The van der Waals surface area contributed by atoms with Gasteiger partial charge in [-0.05, 0) is 31.5 Å².